The molecule has 1 amide bonds. The number of hydrogen-bond donors (Lipinski definition) is 1. The Kier molecular flexibility index (Phi) is 6.87. The summed E-state index contributed by atoms with van der Waals surface area (Å²) in [7, 11) is 1.69. The number of methoxy groups -OCH3 is 1. The number of hydrogen-bond acceptors (Lipinski definition) is 3. The van der Waals surface area contributed by atoms with Crippen LogP contribution in [-0.2, 0) is 16.1 Å². The fourth-order valence-electron chi connectivity index (χ4n) is 3.01. The Labute approximate surface area is 133 Å². The third-order valence-corrected chi connectivity index (χ3v) is 4.36. The van der Waals surface area contributed by atoms with Crippen molar-refractivity contribution in [3.8, 4) is 0 Å². The van der Waals surface area contributed by atoms with Crippen LogP contribution in [0.5, 0.6) is 0 Å². The Morgan fingerprint density at radius 3 is 3.00 bits per heavy atom. The lowest BCUT2D eigenvalue weighted by molar-refractivity contribution is -0.126. The van der Waals surface area contributed by atoms with E-state index in [1.165, 1.54) is 11.1 Å². The van der Waals surface area contributed by atoms with Crippen LogP contribution in [0, 0.1) is 12.8 Å². The molecule has 22 heavy (non-hydrogen) atoms. The summed E-state index contributed by atoms with van der Waals surface area (Å²) in [6.45, 7) is 6.46. The van der Waals surface area contributed by atoms with Crippen LogP contribution in [0.1, 0.15) is 30.4 Å². The van der Waals surface area contributed by atoms with E-state index in [4.69, 9.17) is 4.74 Å². The van der Waals surface area contributed by atoms with Crippen LogP contribution < -0.4 is 5.32 Å². The van der Waals surface area contributed by atoms with Crippen molar-refractivity contribution in [2.45, 2.75) is 32.7 Å². The zero-order valence-corrected chi connectivity index (χ0v) is 13.8. The van der Waals surface area contributed by atoms with Crippen molar-refractivity contribution in [3.05, 3.63) is 35.4 Å². The number of ether oxygens (including phenoxy) is 1. The van der Waals surface area contributed by atoms with E-state index in [-0.39, 0.29) is 11.8 Å². The van der Waals surface area contributed by atoms with Crippen LogP contribution in [0.25, 0.3) is 0 Å². The monoisotopic (exact) mass is 304 g/mol. The average molecular weight is 304 g/mol. The zero-order chi connectivity index (χ0) is 15.8. The van der Waals surface area contributed by atoms with Gasteiger partial charge in [0.15, 0.2) is 0 Å². The summed E-state index contributed by atoms with van der Waals surface area (Å²) in [5, 5.41) is 3.04. The van der Waals surface area contributed by atoms with Crippen LogP contribution in [0.15, 0.2) is 24.3 Å². The number of nitrogens with zero attached hydrogens (tertiary/aromatic N) is 1. The molecule has 0 bridgehead atoms. The summed E-state index contributed by atoms with van der Waals surface area (Å²) in [5.74, 6) is 0.325. The van der Waals surface area contributed by atoms with Gasteiger partial charge >= 0.3 is 0 Å². The highest BCUT2D eigenvalue weighted by molar-refractivity contribution is 5.78. The van der Waals surface area contributed by atoms with Crippen molar-refractivity contribution in [3.63, 3.8) is 0 Å². The van der Waals surface area contributed by atoms with Gasteiger partial charge in [-0.25, -0.2) is 0 Å². The molecule has 1 heterocycles. The summed E-state index contributed by atoms with van der Waals surface area (Å²) in [5.41, 5.74) is 2.69. The second-order valence-corrected chi connectivity index (χ2v) is 6.14. The molecule has 1 aromatic rings. The first-order valence-electron chi connectivity index (χ1n) is 8.24. The van der Waals surface area contributed by atoms with Crippen LogP contribution in [-0.4, -0.2) is 44.2 Å². The van der Waals surface area contributed by atoms with Crippen LogP contribution >= 0.6 is 0 Å². The molecule has 1 fully saturated rings. The fourth-order valence-corrected chi connectivity index (χ4v) is 3.01. The van der Waals surface area contributed by atoms with Gasteiger partial charge in [0.2, 0.25) is 5.91 Å². The molecule has 1 N–H and O–H groups in total. The van der Waals surface area contributed by atoms with Gasteiger partial charge in [-0.15, -0.1) is 0 Å². The maximum atomic E-state index is 12.2. The summed E-state index contributed by atoms with van der Waals surface area (Å²) in [6.07, 6.45) is 2.98. The summed E-state index contributed by atoms with van der Waals surface area (Å²) < 4.78 is 5.00. The Morgan fingerprint density at radius 1 is 1.41 bits per heavy atom. The molecular weight excluding hydrogens is 276 g/mol. The zero-order valence-electron chi connectivity index (χ0n) is 13.8. The molecule has 1 saturated heterocycles. The highest BCUT2D eigenvalue weighted by Crippen LogP contribution is 2.20. The summed E-state index contributed by atoms with van der Waals surface area (Å²) in [4.78, 5) is 14.7. The number of nitrogens with one attached hydrogen (secondary N) is 1. The van der Waals surface area contributed by atoms with Gasteiger partial charge in [-0.3, -0.25) is 9.69 Å². The maximum absolute atomic E-state index is 12.2. The summed E-state index contributed by atoms with van der Waals surface area (Å²) >= 11 is 0. The Morgan fingerprint density at radius 2 is 2.23 bits per heavy atom. The van der Waals surface area contributed by atoms with Gasteiger partial charge < -0.3 is 10.1 Å². The maximum Gasteiger partial charge on any atom is 0.224 e. The predicted molar refractivity (Wildman–Crippen MR) is 88.7 cm³/mol. The van der Waals surface area contributed by atoms with E-state index in [9.17, 15) is 4.79 Å². The molecule has 1 aliphatic heterocycles. The second kappa shape index (κ2) is 8.91. The van der Waals surface area contributed by atoms with E-state index in [2.05, 4.69) is 41.4 Å². The largest absolute Gasteiger partial charge is 0.385 e. The molecule has 122 valence electrons. The predicted octanol–water partition coefficient (Wildman–Crippen LogP) is 2.36. The van der Waals surface area contributed by atoms with E-state index in [0.717, 1.165) is 38.9 Å². The van der Waals surface area contributed by atoms with E-state index in [1.54, 1.807) is 7.11 Å². The van der Waals surface area contributed by atoms with Crippen LogP contribution in [0.2, 0.25) is 0 Å². The molecule has 4 heteroatoms. The van der Waals surface area contributed by atoms with Gasteiger partial charge in [-0.05, 0) is 43.9 Å². The first kappa shape index (κ1) is 17.0. The number of piperidine rings is 1. The number of amides is 1. The first-order valence-corrected chi connectivity index (χ1v) is 8.24. The Hall–Kier alpha value is -1.39. The van der Waals surface area contributed by atoms with Crippen molar-refractivity contribution in [1.29, 1.82) is 0 Å². The molecule has 1 unspecified atom stereocenters. The molecule has 0 aromatic heterocycles. The standard InChI is InChI=1S/C18H28N2O2/c1-15-7-3-4-8-16(15)13-20-11-5-9-17(14-20)18(21)19-10-6-12-22-2/h3-4,7-8,17H,5-6,9-14H2,1-2H3,(H,19,21). The lowest BCUT2D eigenvalue weighted by atomic mass is 9.96. The molecular formula is C18H28N2O2. The quantitative estimate of drug-likeness (QED) is 0.786. The number of aryl methyl sites for hydroxylation is 1. The summed E-state index contributed by atoms with van der Waals surface area (Å²) in [6, 6.07) is 8.50. The SMILES string of the molecule is COCCCNC(=O)C1CCCN(Cc2ccccc2C)C1. The van der Waals surface area contributed by atoms with E-state index in [0.29, 0.717) is 13.2 Å². The molecule has 0 spiro atoms. The number of carbonyl (C=O) groups excluding carboxylic acids is 1. The van der Waals surface area contributed by atoms with Crippen molar-refractivity contribution >= 4 is 5.91 Å². The van der Waals surface area contributed by atoms with Crippen LogP contribution in [0.3, 0.4) is 0 Å². The Bertz CT molecular complexity index is 476. The van der Waals surface area contributed by atoms with Crippen molar-refractivity contribution in [1.82, 2.24) is 10.2 Å². The van der Waals surface area contributed by atoms with E-state index >= 15 is 0 Å². The van der Waals surface area contributed by atoms with Gasteiger partial charge in [-0.2, -0.15) is 0 Å². The molecule has 2 rings (SSSR count). The number of benzene rings is 1. The molecule has 0 aliphatic carbocycles. The van der Waals surface area contributed by atoms with Crippen molar-refractivity contribution < 1.29 is 9.53 Å². The highest BCUT2D eigenvalue weighted by atomic mass is 16.5. The normalized spacial score (nSPS) is 19.1. The van der Waals surface area contributed by atoms with E-state index in [1.807, 2.05) is 0 Å². The minimum absolute atomic E-state index is 0.125. The van der Waals surface area contributed by atoms with Gasteiger partial charge in [0, 0.05) is 33.4 Å². The fraction of sp³-hybridized carbons (Fsp3) is 0.611. The molecule has 1 atom stereocenters. The average Bonchev–Trinajstić information content (AvgIpc) is 2.54. The minimum atomic E-state index is 0.125. The van der Waals surface area contributed by atoms with Gasteiger partial charge in [-0.1, -0.05) is 24.3 Å². The van der Waals surface area contributed by atoms with Gasteiger partial charge in [0.05, 0.1) is 5.92 Å². The minimum Gasteiger partial charge on any atom is -0.385 e. The molecule has 0 radical (unpaired) electrons. The van der Waals surface area contributed by atoms with Crippen molar-refractivity contribution in [2.75, 3.05) is 33.4 Å². The second-order valence-electron chi connectivity index (χ2n) is 6.14. The first-order chi connectivity index (χ1) is 10.7. The Balaban J connectivity index is 1.81. The van der Waals surface area contributed by atoms with Crippen LogP contribution in [0.4, 0.5) is 0 Å². The third kappa shape index (κ3) is 5.11. The molecule has 1 aliphatic rings. The number of rotatable bonds is 7. The lowest BCUT2D eigenvalue weighted by Crippen LogP contribution is -2.43. The smallest absolute Gasteiger partial charge is 0.224 e. The molecule has 4 nitrogen and oxygen atoms in total. The van der Waals surface area contributed by atoms with Gasteiger partial charge in [0.1, 0.15) is 0 Å². The van der Waals surface area contributed by atoms with Gasteiger partial charge in [0.25, 0.3) is 0 Å². The lowest BCUT2D eigenvalue weighted by Gasteiger charge is -2.32. The number of carbonyl (C=O) groups is 1. The topological polar surface area (TPSA) is 41.6 Å². The van der Waals surface area contributed by atoms with E-state index < -0.39 is 0 Å². The molecule has 1 aromatic carbocycles. The highest BCUT2D eigenvalue weighted by Gasteiger charge is 2.25. The molecule has 0 saturated carbocycles. The van der Waals surface area contributed by atoms with Crippen molar-refractivity contribution in [2.24, 2.45) is 5.92 Å². The number of likely N-dealkylation sites (tertiary alicyclic amines) is 1. The third-order valence-electron chi connectivity index (χ3n) is 4.36.